The maximum atomic E-state index is 13.4. The van der Waals surface area contributed by atoms with E-state index >= 15 is 0 Å². The molecule has 0 aliphatic rings. The normalized spacial score (nSPS) is 11.8. The Labute approximate surface area is 177 Å². The molecule has 7 heteroatoms. The van der Waals surface area contributed by atoms with Crippen LogP contribution in [0.3, 0.4) is 0 Å². The number of carbonyl (C=O) groups is 2. The highest BCUT2D eigenvalue weighted by atomic mass is 16.6. The number of nitrogens with one attached hydrogen (secondary N) is 1. The monoisotopic (exact) mass is 414 g/mol. The van der Waals surface area contributed by atoms with Crippen LogP contribution in [-0.4, -0.2) is 21.7 Å². The van der Waals surface area contributed by atoms with Crippen LogP contribution >= 0.6 is 0 Å². The molecule has 4 rings (SSSR count). The SMILES string of the molecule is Cc1ccc(C(=O)OC(C(=O)c2c[nH]c3ccccc23)c2ccccc2)cc1[N+](=O)[O-]. The lowest BCUT2D eigenvalue weighted by Gasteiger charge is -2.17. The van der Waals surface area contributed by atoms with E-state index in [0.29, 0.717) is 16.7 Å². The predicted molar refractivity (Wildman–Crippen MR) is 115 cm³/mol. The lowest BCUT2D eigenvalue weighted by molar-refractivity contribution is -0.385. The Kier molecular flexibility index (Phi) is 5.32. The van der Waals surface area contributed by atoms with Crippen LogP contribution < -0.4 is 0 Å². The van der Waals surface area contributed by atoms with Gasteiger partial charge in [-0.15, -0.1) is 0 Å². The molecule has 0 amide bonds. The van der Waals surface area contributed by atoms with Crippen LogP contribution in [0.15, 0.2) is 79.0 Å². The summed E-state index contributed by atoms with van der Waals surface area (Å²) in [7, 11) is 0. The van der Waals surface area contributed by atoms with E-state index in [4.69, 9.17) is 4.74 Å². The van der Waals surface area contributed by atoms with E-state index in [1.54, 1.807) is 43.5 Å². The topological polar surface area (TPSA) is 102 Å². The summed E-state index contributed by atoms with van der Waals surface area (Å²) >= 11 is 0. The van der Waals surface area contributed by atoms with Crippen LogP contribution in [-0.2, 0) is 4.74 Å². The molecule has 1 atom stereocenters. The second-order valence-electron chi connectivity index (χ2n) is 7.07. The Balaban J connectivity index is 1.71. The number of rotatable bonds is 6. The minimum absolute atomic E-state index is 0.00459. The first kappa shape index (κ1) is 20.0. The minimum Gasteiger partial charge on any atom is -0.445 e. The number of Topliss-reactive ketones (excluding diaryl/α,β-unsaturated/α-hetero) is 1. The Hall–Kier alpha value is -4.26. The van der Waals surface area contributed by atoms with Gasteiger partial charge in [0.15, 0.2) is 6.10 Å². The Morgan fingerprint density at radius 3 is 2.45 bits per heavy atom. The van der Waals surface area contributed by atoms with Crippen molar-refractivity contribution < 1.29 is 19.2 Å². The molecule has 1 N–H and O–H groups in total. The molecule has 0 saturated heterocycles. The van der Waals surface area contributed by atoms with Gasteiger partial charge in [-0.05, 0) is 19.1 Å². The third-order valence-electron chi connectivity index (χ3n) is 5.06. The van der Waals surface area contributed by atoms with E-state index in [-0.39, 0.29) is 11.3 Å². The minimum atomic E-state index is -1.20. The summed E-state index contributed by atoms with van der Waals surface area (Å²) in [4.78, 5) is 40.0. The van der Waals surface area contributed by atoms with Crippen molar-refractivity contribution in [2.24, 2.45) is 0 Å². The molecule has 1 aromatic heterocycles. The van der Waals surface area contributed by atoms with Crippen molar-refractivity contribution in [2.45, 2.75) is 13.0 Å². The number of benzene rings is 3. The van der Waals surface area contributed by atoms with E-state index in [9.17, 15) is 19.7 Å². The van der Waals surface area contributed by atoms with Gasteiger partial charge in [0.1, 0.15) is 0 Å². The van der Waals surface area contributed by atoms with E-state index < -0.39 is 22.8 Å². The second-order valence-corrected chi connectivity index (χ2v) is 7.07. The first-order chi connectivity index (χ1) is 15.0. The van der Waals surface area contributed by atoms with Crippen molar-refractivity contribution in [3.05, 3.63) is 111 Å². The first-order valence-electron chi connectivity index (χ1n) is 9.57. The van der Waals surface area contributed by atoms with Crippen molar-refractivity contribution in [1.29, 1.82) is 0 Å². The zero-order valence-electron chi connectivity index (χ0n) is 16.6. The van der Waals surface area contributed by atoms with Crippen LogP contribution in [0.25, 0.3) is 10.9 Å². The molecule has 4 aromatic rings. The summed E-state index contributed by atoms with van der Waals surface area (Å²) in [5.74, 6) is -1.20. The van der Waals surface area contributed by atoms with E-state index in [0.717, 1.165) is 17.0 Å². The predicted octanol–water partition coefficient (Wildman–Crippen LogP) is 5.17. The molecule has 0 aliphatic carbocycles. The molecule has 0 saturated carbocycles. The van der Waals surface area contributed by atoms with E-state index in [1.165, 1.54) is 12.1 Å². The average Bonchev–Trinajstić information content (AvgIpc) is 3.22. The van der Waals surface area contributed by atoms with Crippen LogP contribution in [0, 0.1) is 17.0 Å². The van der Waals surface area contributed by atoms with Gasteiger partial charge in [0.2, 0.25) is 5.78 Å². The van der Waals surface area contributed by atoms with Gasteiger partial charge in [-0.1, -0.05) is 54.6 Å². The summed E-state index contributed by atoms with van der Waals surface area (Å²) < 4.78 is 5.61. The fraction of sp³-hybridized carbons (Fsp3) is 0.0833. The van der Waals surface area contributed by atoms with Crippen LogP contribution in [0.5, 0.6) is 0 Å². The standard InChI is InChI=1S/C24H18N2O5/c1-15-11-12-17(13-21(15)26(29)30)24(28)31-23(16-7-3-2-4-8-16)22(27)19-14-25-20-10-6-5-9-18(19)20/h2-14,23,25H,1H3. The molecule has 0 radical (unpaired) electrons. The van der Waals surface area contributed by atoms with Gasteiger partial charge < -0.3 is 9.72 Å². The quantitative estimate of drug-likeness (QED) is 0.203. The zero-order chi connectivity index (χ0) is 22.0. The van der Waals surface area contributed by atoms with Gasteiger partial charge in [0.25, 0.3) is 5.69 Å². The summed E-state index contributed by atoms with van der Waals surface area (Å²) in [6, 6.07) is 20.1. The number of nitro benzene ring substituents is 1. The van der Waals surface area contributed by atoms with Crippen molar-refractivity contribution in [3.8, 4) is 0 Å². The molecule has 0 spiro atoms. The number of hydrogen-bond donors (Lipinski definition) is 1. The number of aromatic amines is 1. The number of esters is 1. The molecule has 31 heavy (non-hydrogen) atoms. The van der Waals surface area contributed by atoms with E-state index in [1.807, 2.05) is 24.3 Å². The van der Waals surface area contributed by atoms with Crippen LogP contribution in [0.1, 0.15) is 37.9 Å². The number of aromatic nitrogens is 1. The summed E-state index contributed by atoms with van der Waals surface area (Å²) in [5.41, 5.74) is 1.94. The molecule has 0 aliphatic heterocycles. The second kappa shape index (κ2) is 8.23. The maximum Gasteiger partial charge on any atom is 0.339 e. The molecule has 1 unspecified atom stereocenters. The van der Waals surface area contributed by atoms with Crippen molar-refractivity contribution >= 4 is 28.3 Å². The third-order valence-corrected chi connectivity index (χ3v) is 5.06. The maximum absolute atomic E-state index is 13.4. The number of ether oxygens (including phenoxy) is 1. The van der Waals surface area contributed by atoms with Crippen LogP contribution in [0.4, 0.5) is 5.69 Å². The number of ketones is 1. The van der Waals surface area contributed by atoms with Gasteiger partial charge in [-0.25, -0.2) is 4.79 Å². The Morgan fingerprint density at radius 2 is 1.71 bits per heavy atom. The highest BCUT2D eigenvalue weighted by Crippen LogP contribution is 2.29. The number of fused-ring (bicyclic) bond motifs is 1. The number of para-hydroxylation sites is 1. The summed E-state index contributed by atoms with van der Waals surface area (Å²) in [6.45, 7) is 1.58. The van der Waals surface area contributed by atoms with Gasteiger partial charge >= 0.3 is 5.97 Å². The number of aryl methyl sites for hydroxylation is 1. The molecule has 0 bridgehead atoms. The highest BCUT2D eigenvalue weighted by molar-refractivity contribution is 6.11. The Morgan fingerprint density at radius 1 is 1.00 bits per heavy atom. The zero-order valence-corrected chi connectivity index (χ0v) is 16.6. The Bertz CT molecular complexity index is 1290. The smallest absolute Gasteiger partial charge is 0.339 e. The largest absolute Gasteiger partial charge is 0.445 e. The van der Waals surface area contributed by atoms with Gasteiger partial charge in [-0.3, -0.25) is 14.9 Å². The highest BCUT2D eigenvalue weighted by Gasteiger charge is 2.29. The molecule has 0 fully saturated rings. The molecular formula is C24H18N2O5. The van der Waals surface area contributed by atoms with Gasteiger partial charge in [0, 0.05) is 39.9 Å². The fourth-order valence-corrected chi connectivity index (χ4v) is 3.43. The van der Waals surface area contributed by atoms with Gasteiger partial charge in [-0.2, -0.15) is 0 Å². The molecular weight excluding hydrogens is 396 g/mol. The van der Waals surface area contributed by atoms with E-state index in [2.05, 4.69) is 4.98 Å². The fourth-order valence-electron chi connectivity index (χ4n) is 3.43. The molecule has 1 heterocycles. The molecule has 7 nitrogen and oxygen atoms in total. The van der Waals surface area contributed by atoms with Gasteiger partial charge in [0.05, 0.1) is 10.5 Å². The number of nitrogens with zero attached hydrogens (tertiary/aromatic N) is 1. The lowest BCUT2D eigenvalue weighted by Crippen LogP contribution is -2.20. The van der Waals surface area contributed by atoms with Crippen molar-refractivity contribution in [2.75, 3.05) is 0 Å². The summed E-state index contributed by atoms with van der Waals surface area (Å²) in [5, 5.41) is 11.9. The summed E-state index contributed by atoms with van der Waals surface area (Å²) in [6.07, 6.45) is 0.390. The number of hydrogen-bond acceptors (Lipinski definition) is 5. The first-order valence-corrected chi connectivity index (χ1v) is 9.57. The third kappa shape index (κ3) is 3.93. The van der Waals surface area contributed by atoms with Crippen molar-refractivity contribution in [1.82, 2.24) is 4.98 Å². The number of H-pyrrole nitrogens is 1. The molecule has 3 aromatic carbocycles. The van der Waals surface area contributed by atoms with Crippen molar-refractivity contribution in [3.63, 3.8) is 0 Å². The number of carbonyl (C=O) groups excluding carboxylic acids is 2. The molecule has 154 valence electrons. The van der Waals surface area contributed by atoms with Crippen LogP contribution in [0.2, 0.25) is 0 Å². The average molecular weight is 414 g/mol. The number of nitro groups is 1. The lowest BCUT2D eigenvalue weighted by atomic mass is 9.99.